The Morgan fingerprint density at radius 3 is 2.82 bits per heavy atom. The summed E-state index contributed by atoms with van der Waals surface area (Å²) < 4.78 is 11.4. The van der Waals surface area contributed by atoms with Gasteiger partial charge in [0.05, 0.1) is 27.7 Å². The monoisotopic (exact) mass is 441 g/mol. The number of H-pyrrole nitrogens is 1. The second-order valence-corrected chi connectivity index (χ2v) is 6.57. The number of ether oxygens (including phenoxy) is 2. The molecule has 8 heteroatoms. The number of allylic oxidation sites excluding steroid dienone is 1. The highest BCUT2D eigenvalue weighted by Gasteiger charge is 2.14. The molecule has 1 heterocycles. The number of nitrogens with one attached hydrogen (secondary N) is 1. The number of fused-ring (bicyclic) bond motifs is 1. The normalized spacial score (nSPS) is 11.2. The molecular weight excluding hydrogens is 426 g/mol. The summed E-state index contributed by atoms with van der Waals surface area (Å²) in [5, 5.41) is 18.4. The van der Waals surface area contributed by atoms with Gasteiger partial charge in [0.25, 0.3) is 0 Å². The van der Waals surface area contributed by atoms with Crippen molar-refractivity contribution >= 4 is 44.6 Å². The highest BCUT2D eigenvalue weighted by Crippen LogP contribution is 2.38. The molecule has 0 aliphatic carbocycles. The van der Waals surface area contributed by atoms with Gasteiger partial charge in [-0.15, -0.1) is 0 Å². The van der Waals surface area contributed by atoms with Gasteiger partial charge in [-0.05, 0) is 58.8 Å². The average molecular weight is 442 g/mol. The molecular formula is C20H16BrN3O4. The minimum atomic E-state index is -1.09. The summed E-state index contributed by atoms with van der Waals surface area (Å²) in [6, 6.07) is 13.1. The Kier molecular flexibility index (Phi) is 5.96. The molecule has 142 valence electrons. The van der Waals surface area contributed by atoms with Crippen LogP contribution in [-0.4, -0.2) is 34.3 Å². The summed E-state index contributed by atoms with van der Waals surface area (Å²) in [5.74, 6) is 0.0499. The van der Waals surface area contributed by atoms with Gasteiger partial charge in [-0.1, -0.05) is 12.1 Å². The van der Waals surface area contributed by atoms with Crippen molar-refractivity contribution in [1.29, 1.82) is 5.26 Å². The quantitative estimate of drug-likeness (QED) is 0.530. The van der Waals surface area contributed by atoms with Gasteiger partial charge in [-0.25, -0.2) is 9.78 Å². The van der Waals surface area contributed by atoms with Gasteiger partial charge in [0.1, 0.15) is 11.9 Å². The van der Waals surface area contributed by atoms with Crippen molar-refractivity contribution in [1.82, 2.24) is 9.97 Å². The molecule has 28 heavy (non-hydrogen) atoms. The van der Waals surface area contributed by atoms with Crippen molar-refractivity contribution in [2.45, 2.75) is 6.92 Å². The molecule has 7 nitrogen and oxygen atoms in total. The van der Waals surface area contributed by atoms with E-state index in [4.69, 9.17) is 14.6 Å². The third kappa shape index (κ3) is 4.32. The van der Waals surface area contributed by atoms with E-state index >= 15 is 0 Å². The molecule has 0 atom stereocenters. The molecule has 0 saturated carbocycles. The number of hydrogen-bond acceptors (Lipinski definition) is 5. The first-order valence-electron chi connectivity index (χ1n) is 8.39. The molecule has 0 fully saturated rings. The lowest BCUT2D eigenvalue weighted by molar-refractivity contribution is -0.139. The lowest BCUT2D eigenvalue weighted by Crippen LogP contribution is -2.10. The molecule has 0 radical (unpaired) electrons. The van der Waals surface area contributed by atoms with Gasteiger partial charge in [0, 0.05) is 0 Å². The van der Waals surface area contributed by atoms with E-state index in [1.807, 2.05) is 31.2 Å². The van der Waals surface area contributed by atoms with Gasteiger partial charge in [0.2, 0.25) is 0 Å². The van der Waals surface area contributed by atoms with Gasteiger partial charge in [-0.2, -0.15) is 5.26 Å². The number of carboxylic acids is 1. The zero-order valence-electron chi connectivity index (χ0n) is 14.9. The molecule has 0 saturated heterocycles. The molecule has 2 N–H and O–H groups in total. The summed E-state index contributed by atoms with van der Waals surface area (Å²) in [6.45, 7) is 1.69. The molecule has 1 aromatic heterocycles. The summed E-state index contributed by atoms with van der Waals surface area (Å²) in [4.78, 5) is 18.4. The maximum absolute atomic E-state index is 10.8. The molecule has 0 unspecified atom stereocenters. The van der Waals surface area contributed by atoms with E-state index < -0.39 is 12.6 Å². The Labute approximate surface area is 169 Å². The van der Waals surface area contributed by atoms with Crippen LogP contribution in [-0.2, 0) is 4.79 Å². The van der Waals surface area contributed by atoms with Crippen LogP contribution in [0.3, 0.4) is 0 Å². The summed E-state index contributed by atoms with van der Waals surface area (Å²) in [5.41, 5.74) is 2.64. The zero-order valence-corrected chi connectivity index (χ0v) is 16.5. The van der Waals surface area contributed by atoms with Crippen molar-refractivity contribution < 1.29 is 19.4 Å². The van der Waals surface area contributed by atoms with Crippen LogP contribution in [0.1, 0.15) is 18.3 Å². The predicted octanol–water partition coefficient (Wildman–Crippen LogP) is 4.25. The number of imidazole rings is 1. The first kappa shape index (κ1) is 19.5. The molecule has 3 aromatic rings. The topological polar surface area (TPSA) is 108 Å². The molecule has 0 amide bonds. The summed E-state index contributed by atoms with van der Waals surface area (Å²) in [6.07, 6.45) is 1.67. The molecule has 0 aliphatic heterocycles. The van der Waals surface area contributed by atoms with E-state index in [0.29, 0.717) is 39.5 Å². The van der Waals surface area contributed by atoms with E-state index in [2.05, 4.69) is 32.0 Å². The summed E-state index contributed by atoms with van der Waals surface area (Å²) in [7, 11) is 0. The Bertz CT molecular complexity index is 1070. The number of aliphatic carboxylic acids is 1. The van der Waals surface area contributed by atoms with Crippen LogP contribution in [0.25, 0.3) is 22.7 Å². The number of halogens is 1. The number of nitrogens with zero attached hydrogens (tertiary/aromatic N) is 2. The SMILES string of the molecule is CCOc1cc(/C=C(\C#N)c2nc3ccccc3[nH]2)cc(Br)c1OCC(=O)O. The van der Waals surface area contributed by atoms with E-state index in [1.54, 1.807) is 18.2 Å². The second-order valence-electron chi connectivity index (χ2n) is 5.72. The zero-order chi connectivity index (χ0) is 20.1. The van der Waals surface area contributed by atoms with Gasteiger partial charge in [0.15, 0.2) is 18.1 Å². The van der Waals surface area contributed by atoms with Crippen LogP contribution in [0.2, 0.25) is 0 Å². The van der Waals surface area contributed by atoms with Crippen molar-refractivity contribution in [2.24, 2.45) is 0 Å². The molecule has 0 aliphatic rings. The third-order valence-corrected chi connectivity index (χ3v) is 4.34. The highest BCUT2D eigenvalue weighted by atomic mass is 79.9. The van der Waals surface area contributed by atoms with E-state index in [0.717, 1.165) is 11.0 Å². The Balaban J connectivity index is 2.01. The smallest absolute Gasteiger partial charge is 0.341 e. The van der Waals surface area contributed by atoms with Crippen molar-refractivity contribution in [3.05, 3.63) is 52.3 Å². The summed E-state index contributed by atoms with van der Waals surface area (Å²) >= 11 is 3.38. The Morgan fingerprint density at radius 2 is 2.14 bits per heavy atom. The molecule has 3 rings (SSSR count). The number of carboxylic acid groups (broad SMARTS) is 1. The minimum absolute atomic E-state index is 0.295. The molecule has 0 spiro atoms. The van der Waals surface area contributed by atoms with Gasteiger partial charge < -0.3 is 19.6 Å². The average Bonchev–Trinajstić information content (AvgIpc) is 3.09. The fourth-order valence-corrected chi connectivity index (χ4v) is 3.18. The van der Waals surface area contributed by atoms with Crippen molar-refractivity contribution in [2.75, 3.05) is 13.2 Å². The number of aromatic nitrogens is 2. The Hall–Kier alpha value is -3.31. The first-order valence-corrected chi connectivity index (χ1v) is 9.19. The highest BCUT2D eigenvalue weighted by molar-refractivity contribution is 9.10. The fourth-order valence-electron chi connectivity index (χ4n) is 2.61. The van der Waals surface area contributed by atoms with E-state index in [9.17, 15) is 10.1 Å². The predicted molar refractivity (Wildman–Crippen MR) is 108 cm³/mol. The van der Waals surface area contributed by atoms with Gasteiger partial charge in [-0.3, -0.25) is 0 Å². The van der Waals surface area contributed by atoms with Crippen LogP contribution < -0.4 is 9.47 Å². The maximum Gasteiger partial charge on any atom is 0.341 e. The van der Waals surface area contributed by atoms with E-state index in [1.165, 1.54) is 0 Å². The maximum atomic E-state index is 10.8. The first-order chi connectivity index (χ1) is 13.5. The van der Waals surface area contributed by atoms with Crippen molar-refractivity contribution in [3.8, 4) is 17.6 Å². The number of aromatic amines is 1. The number of carbonyl (C=O) groups is 1. The van der Waals surface area contributed by atoms with Gasteiger partial charge >= 0.3 is 5.97 Å². The largest absolute Gasteiger partial charge is 0.490 e. The van der Waals surface area contributed by atoms with E-state index in [-0.39, 0.29) is 0 Å². The lowest BCUT2D eigenvalue weighted by atomic mass is 10.1. The van der Waals surface area contributed by atoms with Crippen molar-refractivity contribution in [3.63, 3.8) is 0 Å². The molecule has 2 aromatic carbocycles. The van der Waals surface area contributed by atoms with Crippen LogP contribution in [0, 0.1) is 11.3 Å². The minimum Gasteiger partial charge on any atom is -0.490 e. The van der Waals surface area contributed by atoms with Crippen LogP contribution in [0.15, 0.2) is 40.9 Å². The fraction of sp³-hybridized carbons (Fsp3) is 0.150. The van der Waals surface area contributed by atoms with Crippen LogP contribution in [0.4, 0.5) is 0 Å². The number of hydrogen-bond donors (Lipinski definition) is 2. The number of rotatable bonds is 7. The number of para-hydroxylation sites is 2. The van der Waals surface area contributed by atoms with Crippen LogP contribution >= 0.6 is 15.9 Å². The number of nitriles is 1. The Morgan fingerprint density at radius 1 is 1.36 bits per heavy atom. The third-order valence-electron chi connectivity index (χ3n) is 3.75. The molecule has 0 bridgehead atoms. The van der Waals surface area contributed by atoms with Crippen LogP contribution in [0.5, 0.6) is 11.5 Å². The lowest BCUT2D eigenvalue weighted by Gasteiger charge is -2.13. The second kappa shape index (κ2) is 8.59. The standard InChI is InChI=1S/C20H16BrN3O4/c1-2-27-17-9-12(8-14(21)19(17)28-11-18(25)26)7-13(10-22)20-23-15-5-3-4-6-16(15)24-20/h3-9H,2,11H2,1H3,(H,23,24)(H,25,26)/b13-7+. The number of benzene rings is 2.